The SMILES string of the molecule is Cc1ccc(CC23CCNC2CCc2ncccc23)cc1. The third-order valence-electron chi connectivity index (χ3n) is 5.37. The molecule has 108 valence electrons. The molecule has 1 fully saturated rings. The topological polar surface area (TPSA) is 24.9 Å². The van der Waals surface area contributed by atoms with Gasteiger partial charge in [0, 0.05) is 23.3 Å². The molecule has 0 bridgehead atoms. The van der Waals surface area contributed by atoms with Crippen molar-refractivity contribution >= 4 is 0 Å². The van der Waals surface area contributed by atoms with Crippen molar-refractivity contribution in [2.75, 3.05) is 6.54 Å². The van der Waals surface area contributed by atoms with Gasteiger partial charge in [0.25, 0.3) is 0 Å². The number of hydrogen-bond donors (Lipinski definition) is 1. The fraction of sp³-hybridized carbons (Fsp3) is 0.421. The van der Waals surface area contributed by atoms with Crippen LogP contribution in [-0.2, 0) is 18.3 Å². The highest BCUT2D eigenvalue weighted by Gasteiger charge is 2.47. The maximum Gasteiger partial charge on any atom is 0.0442 e. The average Bonchev–Trinajstić information content (AvgIpc) is 2.94. The van der Waals surface area contributed by atoms with E-state index in [1.807, 2.05) is 6.20 Å². The summed E-state index contributed by atoms with van der Waals surface area (Å²) in [6, 6.07) is 14.1. The number of nitrogens with one attached hydrogen (secondary N) is 1. The number of rotatable bonds is 2. The Morgan fingerprint density at radius 2 is 2.10 bits per heavy atom. The molecule has 0 radical (unpaired) electrons. The van der Waals surface area contributed by atoms with Gasteiger partial charge in [-0.05, 0) is 56.3 Å². The normalized spacial score (nSPS) is 27.2. The van der Waals surface area contributed by atoms with E-state index >= 15 is 0 Å². The van der Waals surface area contributed by atoms with Crippen LogP contribution >= 0.6 is 0 Å². The molecule has 1 aromatic heterocycles. The third-order valence-corrected chi connectivity index (χ3v) is 5.37. The Hall–Kier alpha value is -1.67. The Bertz CT molecular complexity index is 647. The van der Waals surface area contributed by atoms with Gasteiger partial charge in [0.05, 0.1) is 0 Å². The van der Waals surface area contributed by atoms with Crippen molar-refractivity contribution in [3.8, 4) is 0 Å². The van der Waals surface area contributed by atoms with Crippen LogP contribution in [-0.4, -0.2) is 17.6 Å². The number of hydrogen-bond acceptors (Lipinski definition) is 2. The van der Waals surface area contributed by atoms with Crippen molar-refractivity contribution in [1.29, 1.82) is 0 Å². The summed E-state index contributed by atoms with van der Waals surface area (Å²) in [5.41, 5.74) is 5.85. The fourth-order valence-electron chi connectivity index (χ4n) is 4.29. The first-order valence-electron chi connectivity index (χ1n) is 8.01. The van der Waals surface area contributed by atoms with E-state index in [0.717, 1.165) is 19.4 Å². The van der Waals surface area contributed by atoms with E-state index in [4.69, 9.17) is 0 Å². The third kappa shape index (κ3) is 2.09. The molecule has 4 rings (SSSR count). The Kier molecular flexibility index (Phi) is 3.07. The summed E-state index contributed by atoms with van der Waals surface area (Å²) >= 11 is 0. The molecule has 1 aliphatic heterocycles. The smallest absolute Gasteiger partial charge is 0.0442 e. The molecule has 1 aliphatic carbocycles. The maximum atomic E-state index is 4.65. The minimum atomic E-state index is 0.247. The van der Waals surface area contributed by atoms with Gasteiger partial charge in [-0.15, -0.1) is 0 Å². The first-order valence-corrected chi connectivity index (χ1v) is 8.01. The van der Waals surface area contributed by atoms with Gasteiger partial charge in [-0.25, -0.2) is 0 Å². The second-order valence-electron chi connectivity index (χ2n) is 6.61. The Morgan fingerprint density at radius 1 is 1.24 bits per heavy atom. The first-order chi connectivity index (χ1) is 10.3. The van der Waals surface area contributed by atoms with Crippen molar-refractivity contribution in [3.05, 3.63) is 65.0 Å². The lowest BCUT2D eigenvalue weighted by molar-refractivity contribution is 0.323. The van der Waals surface area contributed by atoms with Crippen LogP contribution in [0.5, 0.6) is 0 Å². The zero-order valence-electron chi connectivity index (χ0n) is 12.6. The number of pyridine rings is 1. The van der Waals surface area contributed by atoms with Crippen molar-refractivity contribution in [1.82, 2.24) is 10.3 Å². The van der Waals surface area contributed by atoms with Crippen LogP contribution in [0.2, 0.25) is 0 Å². The predicted molar refractivity (Wildman–Crippen MR) is 85.5 cm³/mol. The number of aromatic nitrogens is 1. The van der Waals surface area contributed by atoms with E-state index in [1.165, 1.54) is 35.2 Å². The summed E-state index contributed by atoms with van der Waals surface area (Å²) < 4.78 is 0. The molecule has 2 heteroatoms. The van der Waals surface area contributed by atoms with E-state index in [-0.39, 0.29) is 5.41 Å². The zero-order chi connectivity index (χ0) is 14.3. The standard InChI is InChI=1S/C19H22N2/c1-14-4-6-15(7-5-14)13-19-10-12-21-18(19)9-8-17-16(19)3-2-11-20-17/h2-7,11,18,21H,8-10,12-13H2,1H3. The molecule has 2 aliphatic rings. The van der Waals surface area contributed by atoms with Crippen molar-refractivity contribution < 1.29 is 0 Å². The average molecular weight is 278 g/mol. The second kappa shape index (κ2) is 4.96. The van der Waals surface area contributed by atoms with Crippen LogP contribution in [0, 0.1) is 6.92 Å². The van der Waals surface area contributed by atoms with E-state index in [2.05, 4.69) is 53.6 Å². The molecule has 2 atom stereocenters. The fourth-order valence-corrected chi connectivity index (χ4v) is 4.29. The summed E-state index contributed by atoms with van der Waals surface area (Å²) in [5, 5.41) is 3.74. The predicted octanol–water partition coefficient (Wildman–Crippen LogP) is 3.18. The Balaban J connectivity index is 1.77. The number of fused-ring (bicyclic) bond motifs is 3. The van der Waals surface area contributed by atoms with Gasteiger partial charge in [-0.1, -0.05) is 35.9 Å². The lowest BCUT2D eigenvalue weighted by atomic mass is 9.65. The quantitative estimate of drug-likeness (QED) is 0.912. The van der Waals surface area contributed by atoms with Crippen LogP contribution < -0.4 is 5.32 Å². The minimum Gasteiger partial charge on any atom is -0.313 e. The molecular weight excluding hydrogens is 256 g/mol. The van der Waals surface area contributed by atoms with E-state index in [1.54, 1.807) is 0 Å². The zero-order valence-corrected chi connectivity index (χ0v) is 12.6. The highest BCUT2D eigenvalue weighted by atomic mass is 15.0. The maximum absolute atomic E-state index is 4.65. The number of benzene rings is 1. The van der Waals surface area contributed by atoms with E-state index < -0.39 is 0 Å². The summed E-state index contributed by atoms with van der Waals surface area (Å²) in [7, 11) is 0. The number of nitrogens with zero attached hydrogens (tertiary/aromatic N) is 1. The van der Waals surface area contributed by atoms with Gasteiger partial charge in [0.2, 0.25) is 0 Å². The van der Waals surface area contributed by atoms with Gasteiger partial charge >= 0.3 is 0 Å². The molecule has 1 N–H and O–H groups in total. The monoisotopic (exact) mass is 278 g/mol. The minimum absolute atomic E-state index is 0.247. The van der Waals surface area contributed by atoms with Crippen molar-refractivity contribution in [3.63, 3.8) is 0 Å². The summed E-state index contributed by atoms with van der Waals surface area (Å²) in [5.74, 6) is 0. The Labute approximate surface area is 126 Å². The van der Waals surface area contributed by atoms with Crippen LogP contribution in [0.3, 0.4) is 0 Å². The van der Waals surface area contributed by atoms with E-state index in [9.17, 15) is 0 Å². The van der Waals surface area contributed by atoms with Crippen molar-refractivity contribution in [2.45, 2.75) is 44.1 Å². The molecular formula is C19H22N2. The highest BCUT2D eigenvalue weighted by Crippen LogP contribution is 2.44. The van der Waals surface area contributed by atoms with Crippen LogP contribution in [0.1, 0.15) is 35.2 Å². The first kappa shape index (κ1) is 13.0. The van der Waals surface area contributed by atoms with Gasteiger partial charge < -0.3 is 5.32 Å². The van der Waals surface area contributed by atoms with Gasteiger partial charge in [-0.3, -0.25) is 4.98 Å². The van der Waals surface area contributed by atoms with Crippen LogP contribution in [0.4, 0.5) is 0 Å². The molecule has 0 amide bonds. The van der Waals surface area contributed by atoms with Gasteiger partial charge in [0.15, 0.2) is 0 Å². The number of aryl methyl sites for hydroxylation is 2. The summed E-state index contributed by atoms with van der Waals surface area (Å²) in [6.07, 6.45) is 6.63. The molecule has 21 heavy (non-hydrogen) atoms. The van der Waals surface area contributed by atoms with Gasteiger partial charge in [0.1, 0.15) is 0 Å². The second-order valence-corrected chi connectivity index (χ2v) is 6.61. The van der Waals surface area contributed by atoms with Crippen molar-refractivity contribution in [2.24, 2.45) is 0 Å². The van der Waals surface area contributed by atoms with Crippen LogP contribution in [0.15, 0.2) is 42.6 Å². The molecule has 0 saturated carbocycles. The summed E-state index contributed by atoms with van der Waals surface area (Å²) in [6.45, 7) is 3.28. The summed E-state index contributed by atoms with van der Waals surface area (Å²) in [4.78, 5) is 4.65. The molecule has 0 spiro atoms. The lowest BCUT2D eigenvalue weighted by Gasteiger charge is -2.40. The van der Waals surface area contributed by atoms with Crippen LogP contribution in [0.25, 0.3) is 0 Å². The Morgan fingerprint density at radius 3 is 2.95 bits per heavy atom. The largest absolute Gasteiger partial charge is 0.313 e. The molecule has 2 nitrogen and oxygen atoms in total. The lowest BCUT2D eigenvalue weighted by Crippen LogP contribution is -2.46. The molecule has 2 unspecified atom stereocenters. The molecule has 2 heterocycles. The molecule has 2 aromatic rings. The van der Waals surface area contributed by atoms with Gasteiger partial charge in [-0.2, -0.15) is 0 Å². The van der Waals surface area contributed by atoms with E-state index in [0.29, 0.717) is 6.04 Å². The molecule has 1 aromatic carbocycles. The highest BCUT2D eigenvalue weighted by molar-refractivity contribution is 5.39. The molecule has 1 saturated heterocycles.